The van der Waals surface area contributed by atoms with Crippen molar-refractivity contribution < 1.29 is 0 Å². The molecule has 5 aromatic carbocycles. The molecular weight excluding hydrogens is 1190 g/mol. The number of benzene rings is 5. The number of nitrogens with zero attached hydrogens (tertiary/aromatic N) is 12. The number of nitrogens with one attached hydrogen (secondary N) is 4. The van der Waals surface area contributed by atoms with E-state index in [1.807, 2.05) is 242 Å². The third kappa shape index (κ3) is 18.5. The van der Waals surface area contributed by atoms with Crippen molar-refractivity contribution >= 4 is 125 Å². The van der Waals surface area contributed by atoms with Crippen LogP contribution in [-0.2, 0) is 0 Å². The van der Waals surface area contributed by atoms with Crippen LogP contribution in [0.3, 0.4) is 0 Å². The van der Waals surface area contributed by atoms with Gasteiger partial charge in [0.05, 0.1) is 39.2 Å². The van der Waals surface area contributed by atoms with Gasteiger partial charge in [-0.1, -0.05) is 109 Å². The maximum atomic E-state index is 4.18. The van der Waals surface area contributed by atoms with Crippen LogP contribution in [0.4, 0.5) is 0 Å². The van der Waals surface area contributed by atoms with E-state index in [-0.39, 0.29) is 0 Å². The first kappa shape index (κ1) is 62.1. The molecule has 0 saturated heterocycles. The zero-order valence-electron chi connectivity index (χ0n) is 50.0. The molecule has 20 rings (SSSR count). The number of aromatic amines is 4. The fourth-order valence-electron chi connectivity index (χ4n) is 8.96. The Labute approximate surface area is 542 Å². The third-order valence-corrected chi connectivity index (χ3v) is 15.2. The number of H-pyrrole nitrogens is 4. The van der Waals surface area contributed by atoms with Gasteiger partial charge >= 0.3 is 0 Å². The molecule has 0 aliphatic rings. The lowest BCUT2D eigenvalue weighted by Gasteiger charge is -1.91. The minimum Gasteiger partial charge on any atom is -0.361 e. The molecule has 0 saturated carbocycles. The molecule has 0 aliphatic heterocycles. The van der Waals surface area contributed by atoms with E-state index in [4.69, 9.17) is 0 Å². The van der Waals surface area contributed by atoms with Crippen LogP contribution in [0.25, 0.3) is 103 Å². The SMILES string of the molecule is c1ccc2[nH]ccc2c1.c1ccc2[nH]ncc2c1.c1ccc2cnccc2c1.c1ccc2ncccc2c1.c1ccc2scnc2c1.c1ccn2ccnc2c1.c1cnc2[nH]ccc2c1.c1cnc2[nH]ncc2c1.c1cnc2ncccc2c1.c1cnc2sccc2c1. The number of para-hydroxylation sites is 4. The van der Waals surface area contributed by atoms with Crippen LogP contribution >= 0.6 is 22.7 Å². The first-order chi connectivity index (χ1) is 46.2. The minimum absolute atomic E-state index is 0.810. The Hall–Kier alpha value is -12.5. The van der Waals surface area contributed by atoms with Crippen molar-refractivity contribution in [3.63, 3.8) is 0 Å². The lowest BCUT2D eigenvalue weighted by atomic mass is 10.2. The summed E-state index contributed by atoms with van der Waals surface area (Å²) in [6, 6.07) is 78.3. The van der Waals surface area contributed by atoms with Gasteiger partial charge in [-0.2, -0.15) is 10.2 Å². The van der Waals surface area contributed by atoms with Gasteiger partial charge in [-0.25, -0.2) is 34.9 Å². The van der Waals surface area contributed by atoms with Crippen LogP contribution in [-0.4, -0.2) is 79.6 Å². The standard InChI is InChI=1S/2C9H7N.C8H6N2.C8H7N.3C7H6N2.2C7H5NS.C6H5N3/c1-2-6-9-8(4-1)5-3-7-10-9;1-2-4-9-7-10-6-5-8(9)3-1;1-3-7-4-2-6-10-8(7)9-5-1;1-2-4-8-7(3-1)5-6-9-8;1-2-6-3-5-9-7(6)8-4-1;1-2-5-9-6-4-8-7(9)3-1;1-2-4-7-6(3-1)5-8-9-7;1-2-6-3-5-9-7(6)8-4-1;1-2-4-7-6(3-1)8-5-9-7;1-2-5-4-8-9-6(5)7-3-1/h2*1-7H;1-6H;1-6,9H;1-5H,(H,8,9);1-6H;1-5H,(H,8,9);2*1-5H;1-4H,(H,7,8,9). The van der Waals surface area contributed by atoms with E-state index >= 15 is 0 Å². The van der Waals surface area contributed by atoms with Crippen LogP contribution in [0.15, 0.2) is 340 Å². The maximum Gasteiger partial charge on any atom is 0.159 e. The van der Waals surface area contributed by atoms with E-state index in [0.717, 1.165) is 65.5 Å². The summed E-state index contributed by atoms with van der Waals surface area (Å²) in [6.07, 6.45) is 27.4. The second-order valence-corrected chi connectivity index (χ2v) is 21.5. The van der Waals surface area contributed by atoms with Crippen LogP contribution in [0, 0.1) is 0 Å². The second-order valence-electron chi connectivity index (χ2n) is 19.8. The molecule has 0 fully saturated rings. The number of hydrogen-bond donors (Lipinski definition) is 4. The monoisotopic (exact) mass is 1250 g/mol. The number of pyridine rings is 8. The van der Waals surface area contributed by atoms with Crippen molar-refractivity contribution in [1.29, 1.82) is 0 Å². The minimum atomic E-state index is 0.810. The number of rotatable bonds is 0. The van der Waals surface area contributed by atoms with Gasteiger partial charge in [-0.3, -0.25) is 20.2 Å². The van der Waals surface area contributed by atoms with Gasteiger partial charge in [0.2, 0.25) is 0 Å². The highest BCUT2D eigenvalue weighted by Gasteiger charge is 1.95. The summed E-state index contributed by atoms with van der Waals surface area (Å²) >= 11 is 3.35. The third-order valence-electron chi connectivity index (χ3n) is 13.6. The summed E-state index contributed by atoms with van der Waals surface area (Å²) in [5.74, 6) is 0. The average Bonchev–Trinajstić information content (AvgIpc) is 4.63. The smallest absolute Gasteiger partial charge is 0.159 e. The number of imidazole rings is 1. The summed E-state index contributed by atoms with van der Waals surface area (Å²) in [5.41, 5.74) is 9.94. The Kier molecular flexibility index (Phi) is 22.5. The molecule has 18 heteroatoms. The van der Waals surface area contributed by atoms with E-state index in [1.165, 1.54) is 37.1 Å². The fourth-order valence-corrected chi connectivity index (χ4v) is 10.4. The number of aromatic nitrogens is 16. The molecule has 16 nitrogen and oxygen atoms in total. The summed E-state index contributed by atoms with van der Waals surface area (Å²) in [6.45, 7) is 0. The summed E-state index contributed by atoms with van der Waals surface area (Å²) in [5, 5.41) is 26.0. The van der Waals surface area contributed by atoms with Crippen LogP contribution in [0.1, 0.15) is 0 Å². The lowest BCUT2D eigenvalue weighted by Crippen LogP contribution is -1.78. The molecule has 15 heterocycles. The van der Waals surface area contributed by atoms with Gasteiger partial charge in [-0.15, -0.1) is 22.7 Å². The molecule has 0 radical (unpaired) electrons. The van der Waals surface area contributed by atoms with Crippen LogP contribution in [0.5, 0.6) is 0 Å². The van der Waals surface area contributed by atoms with E-state index in [0.29, 0.717) is 0 Å². The summed E-state index contributed by atoms with van der Waals surface area (Å²) < 4.78 is 3.23. The molecule has 0 unspecified atom stereocenters. The zero-order valence-corrected chi connectivity index (χ0v) is 51.6. The number of thiophene rings is 1. The molecule has 20 aromatic rings. The predicted octanol–water partition coefficient (Wildman–Crippen LogP) is 18.3. The molecule has 4 N–H and O–H groups in total. The number of fused-ring (bicyclic) bond motifs is 10. The van der Waals surface area contributed by atoms with E-state index in [2.05, 4.69) is 141 Å². The Morgan fingerprint density at radius 1 is 0.312 bits per heavy atom. The Bertz CT molecular complexity index is 4230. The zero-order chi connectivity index (χ0) is 63.2. The van der Waals surface area contributed by atoms with Gasteiger partial charge < -0.3 is 14.4 Å². The highest BCUT2D eigenvalue weighted by Crippen LogP contribution is 2.18. The van der Waals surface area contributed by atoms with Crippen LogP contribution in [0.2, 0.25) is 0 Å². The van der Waals surface area contributed by atoms with Gasteiger partial charge in [0, 0.05) is 118 Å². The van der Waals surface area contributed by atoms with Crippen molar-refractivity contribution in [2.45, 2.75) is 0 Å². The molecule has 452 valence electrons. The van der Waals surface area contributed by atoms with E-state index < -0.39 is 0 Å². The topological polar surface area (TPSA) is 209 Å². The average molecular weight is 1250 g/mol. The second kappa shape index (κ2) is 33.7. The molecule has 0 spiro atoms. The summed E-state index contributed by atoms with van der Waals surface area (Å²) in [4.78, 5) is 44.1. The van der Waals surface area contributed by atoms with Crippen molar-refractivity contribution in [2.75, 3.05) is 0 Å². The van der Waals surface area contributed by atoms with Gasteiger partial charge in [0.25, 0.3) is 0 Å². The van der Waals surface area contributed by atoms with Gasteiger partial charge in [-0.05, 0) is 149 Å². The normalized spacial score (nSPS) is 10.2. The first-order valence-corrected chi connectivity index (χ1v) is 31.1. The fraction of sp³-hybridized carbons (Fsp3) is 0. The molecular formula is C75H60N16S2. The Morgan fingerprint density at radius 3 is 1.63 bits per heavy atom. The highest BCUT2D eigenvalue weighted by molar-refractivity contribution is 7.17. The molecule has 93 heavy (non-hydrogen) atoms. The predicted molar refractivity (Wildman–Crippen MR) is 382 cm³/mol. The quantitative estimate of drug-likeness (QED) is 0.112. The van der Waals surface area contributed by atoms with Crippen LogP contribution < -0.4 is 0 Å². The van der Waals surface area contributed by atoms with Crippen molar-refractivity contribution in [3.05, 3.63) is 340 Å². The molecule has 0 aliphatic carbocycles. The Balaban J connectivity index is 0.000000106. The van der Waals surface area contributed by atoms with Crippen molar-refractivity contribution in [2.24, 2.45) is 0 Å². The molecule has 0 amide bonds. The lowest BCUT2D eigenvalue weighted by molar-refractivity contribution is 1.10. The van der Waals surface area contributed by atoms with Gasteiger partial charge in [0.15, 0.2) is 11.3 Å². The number of thiazole rings is 1. The summed E-state index contributed by atoms with van der Waals surface area (Å²) in [7, 11) is 0. The molecule has 15 aromatic heterocycles. The maximum absolute atomic E-state index is 4.18. The van der Waals surface area contributed by atoms with E-state index in [1.54, 1.807) is 59.9 Å². The molecule has 0 bridgehead atoms. The highest BCUT2D eigenvalue weighted by atomic mass is 32.1. The largest absolute Gasteiger partial charge is 0.361 e. The van der Waals surface area contributed by atoms with Crippen molar-refractivity contribution in [1.82, 2.24) is 79.6 Å². The van der Waals surface area contributed by atoms with Crippen molar-refractivity contribution in [3.8, 4) is 0 Å². The first-order valence-electron chi connectivity index (χ1n) is 29.4. The van der Waals surface area contributed by atoms with E-state index in [9.17, 15) is 0 Å². The van der Waals surface area contributed by atoms with Gasteiger partial charge in [0.1, 0.15) is 16.1 Å². The molecule has 0 atom stereocenters. The number of hydrogen-bond acceptors (Lipinski definition) is 13. The Morgan fingerprint density at radius 2 is 0.903 bits per heavy atom.